The summed E-state index contributed by atoms with van der Waals surface area (Å²) in [6.07, 6.45) is -10.1. The van der Waals surface area contributed by atoms with Crippen LogP contribution in [-0.4, -0.2) is 102 Å². The van der Waals surface area contributed by atoms with Gasteiger partial charge in [0.05, 0.1) is 19.8 Å². The van der Waals surface area contributed by atoms with Crippen LogP contribution in [0.1, 0.15) is 31.9 Å². The lowest BCUT2D eigenvalue weighted by Gasteiger charge is -2.47. The lowest BCUT2D eigenvalue weighted by atomic mass is 9.96. The fourth-order valence-corrected chi connectivity index (χ4v) is 6.29. The number of hydrogen-bond acceptors (Lipinski definition) is 13. The standard InChI is InChI=1S/C32H41N3O11S/c1-4-47-32-25(34-35-33)29(26(38)23(45-32)17-40-15-21-11-7-5-8-12-21)46-31-27(39)30(42-16-22-13-9-6-10-14-22)28(43-20(3)37)24(44-31)18-41-19(2)36/h5-14,23-32,38-39H,4,15-18H2,1-3H3/t23-,24-,25-,26-,27-,28+,29-,30-,31+,32+/m1/s1. The number of carbonyl (C=O) groups is 2. The number of carbonyl (C=O) groups excluding carboxylic acids is 2. The fourth-order valence-electron chi connectivity index (χ4n) is 5.34. The molecule has 0 spiro atoms. The minimum atomic E-state index is -1.57. The molecule has 2 aliphatic heterocycles. The first kappa shape index (κ1) is 36.6. The normalized spacial score (nSPS) is 30.6. The quantitative estimate of drug-likeness (QED) is 0.122. The molecule has 2 aromatic rings. The van der Waals surface area contributed by atoms with Gasteiger partial charge in [0, 0.05) is 18.8 Å². The van der Waals surface area contributed by atoms with Crippen LogP contribution in [0.25, 0.3) is 10.4 Å². The molecule has 256 valence electrons. The van der Waals surface area contributed by atoms with E-state index in [-0.39, 0.29) is 26.4 Å². The first-order valence-electron chi connectivity index (χ1n) is 15.3. The first-order valence-corrected chi connectivity index (χ1v) is 16.3. The molecule has 47 heavy (non-hydrogen) atoms. The molecule has 0 amide bonds. The van der Waals surface area contributed by atoms with E-state index < -0.39 is 72.4 Å². The van der Waals surface area contributed by atoms with Crippen molar-refractivity contribution < 1.29 is 53.0 Å². The second kappa shape index (κ2) is 18.3. The Morgan fingerprint density at radius 1 is 0.872 bits per heavy atom. The molecule has 14 nitrogen and oxygen atoms in total. The summed E-state index contributed by atoms with van der Waals surface area (Å²) >= 11 is 1.35. The van der Waals surface area contributed by atoms with Gasteiger partial charge in [0.2, 0.25) is 0 Å². The van der Waals surface area contributed by atoms with E-state index in [2.05, 4.69) is 10.0 Å². The summed E-state index contributed by atoms with van der Waals surface area (Å²) in [5.41, 5.74) is 10.4. The van der Waals surface area contributed by atoms with Crippen molar-refractivity contribution in [1.82, 2.24) is 0 Å². The zero-order valence-corrected chi connectivity index (χ0v) is 27.2. The van der Waals surface area contributed by atoms with E-state index in [1.54, 1.807) is 0 Å². The topological polar surface area (TPSA) is 188 Å². The number of thioether (sulfide) groups is 1. The van der Waals surface area contributed by atoms with Crippen molar-refractivity contribution in [3.05, 3.63) is 82.2 Å². The molecule has 2 N–H and O–H groups in total. The molecule has 0 unspecified atom stereocenters. The van der Waals surface area contributed by atoms with Gasteiger partial charge in [-0.1, -0.05) is 72.7 Å². The summed E-state index contributed by atoms with van der Waals surface area (Å²) in [5.74, 6) is -0.691. The Bertz CT molecular complexity index is 1320. The van der Waals surface area contributed by atoms with Crippen molar-refractivity contribution in [3.8, 4) is 0 Å². The van der Waals surface area contributed by atoms with Crippen LogP contribution in [0.4, 0.5) is 0 Å². The zero-order chi connectivity index (χ0) is 33.8. The van der Waals surface area contributed by atoms with Crippen molar-refractivity contribution >= 4 is 23.7 Å². The van der Waals surface area contributed by atoms with E-state index in [0.717, 1.165) is 11.1 Å². The average molecular weight is 676 g/mol. The van der Waals surface area contributed by atoms with Gasteiger partial charge in [0.1, 0.15) is 54.7 Å². The highest BCUT2D eigenvalue weighted by Gasteiger charge is 2.53. The number of aliphatic hydroxyl groups excluding tert-OH is 2. The molecule has 0 saturated carbocycles. The fraction of sp³-hybridized carbons (Fsp3) is 0.562. The molecule has 2 saturated heterocycles. The lowest BCUT2D eigenvalue weighted by Crippen LogP contribution is -2.65. The smallest absolute Gasteiger partial charge is 0.303 e. The van der Waals surface area contributed by atoms with Gasteiger partial charge in [-0.2, -0.15) is 0 Å². The molecular formula is C32H41N3O11S. The van der Waals surface area contributed by atoms with E-state index >= 15 is 0 Å². The number of nitrogens with zero attached hydrogens (tertiary/aromatic N) is 3. The second-order valence-electron chi connectivity index (χ2n) is 11.0. The van der Waals surface area contributed by atoms with Crippen molar-refractivity contribution in [2.45, 2.75) is 94.5 Å². The van der Waals surface area contributed by atoms with Crippen LogP contribution in [0, 0.1) is 0 Å². The Balaban J connectivity index is 1.60. The maximum atomic E-state index is 12.1. The molecule has 2 aliphatic rings. The minimum Gasteiger partial charge on any atom is -0.463 e. The third-order valence-electron chi connectivity index (χ3n) is 7.50. The summed E-state index contributed by atoms with van der Waals surface area (Å²) in [6, 6.07) is 17.6. The van der Waals surface area contributed by atoms with Gasteiger partial charge in [0.25, 0.3) is 0 Å². The largest absolute Gasteiger partial charge is 0.463 e. The molecule has 0 aromatic heterocycles. The Kier molecular flexibility index (Phi) is 14.3. The molecule has 2 fully saturated rings. The third-order valence-corrected chi connectivity index (χ3v) is 8.55. The lowest BCUT2D eigenvalue weighted by molar-refractivity contribution is -0.335. The summed E-state index contributed by atoms with van der Waals surface area (Å²) < 4.78 is 41.2. The summed E-state index contributed by atoms with van der Waals surface area (Å²) in [7, 11) is 0. The molecular weight excluding hydrogens is 634 g/mol. The maximum Gasteiger partial charge on any atom is 0.303 e. The van der Waals surface area contributed by atoms with E-state index in [9.17, 15) is 25.3 Å². The van der Waals surface area contributed by atoms with Crippen LogP contribution in [-0.2, 0) is 56.0 Å². The maximum absolute atomic E-state index is 12.1. The van der Waals surface area contributed by atoms with E-state index in [1.807, 2.05) is 67.6 Å². The van der Waals surface area contributed by atoms with Gasteiger partial charge in [0.15, 0.2) is 12.4 Å². The van der Waals surface area contributed by atoms with E-state index in [0.29, 0.717) is 5.75 Å². The van der Waals surface area contributed by atoms with Gasteiger partial charge in [-0.3, -0.25) is 9.59 Å². The summed E-state index contributed by atoms with van der Waals surface area (Å²) in [5, 5.41) is 27.0. The van der Waals surface area contributed by atoms with Crippen molar-refractivity contribution in [2.24, 2.45) is 5.11 Å². The number of aliphatic hydroxyl groups is 2. The highest BCUT2D eigenvalue weighted by atomic mass is 32.2. The van der Waals surface area contributed by atoms with Crippen molar-refractivity contribution in [3.63, 3.8) is 0 Å². The molecule has 0 radical (unpaired) electrons. The van der Waals surface area contributed by atoms with Crippen molar-refractivity contribution in [2.75, 3.05) is 19.0 Å². The SMILES string of the molecule is CCS[C@@H]1O[C@H](COCc2ccccc2)[C@@H](O)[C@H](O[C@@H]2O[C@H](COC(C)=O)[C@H](OC(C)=O)[C@H](OCc3ccccc3)[C@H]2O)[C@H]1N=[N+]=[N-]. The number of ether oxygens (including phenoxy) is 7. The van der Waals surface area contributed by atoms with Gasteiger partial charge in [-0.15, -0.1) is 11.8 Å². The predicted molar refractivity (Wildman–Crippen MR) is 169 cm³/mol. The average Bonchev–Trinajstić information content (AvgIpc) is 3.05. The van der Waals surface area contributed by atoms with Gasteiger partial charge >= 0.3 is 11.9 Å². The van der Waals surface area contributed by atoms with Crippen molar-refractivity contribution in [1.29, 1.82) is 0 Å². The Morgan fingerprint density at radius 3 is 2.13 bits per heavy atom. The highest BCUT2D eigenvalue weighted by molar-refractivity contribution is 7.99. The summed E-state index contributed by atoms with van der Waals surface area (Å²) in [4.78, 5) is 26.8. The second-order valence-corrected chi connectivity index (χ2v) is 12.3. The molecule has 2 heterocycles. The molecule has 0 bridgehead atoms. The zero-order valence-electron chi connectivity index (χ0n) is 26.4. The number of hydrogen-bond donors (Lipinski definition) is 2. The molecule has 0 aliphatic carbocycles. The number of rotatable bonds is 15. The highest BCUT2D eigenvalue weighted by Crippen LogP contribution is 2.36. The van der Waals surface area contributed by atoms with Crippen LogP contribution in [0.2, 0.25) is 0 Å². The molecule has 15 heteroatoms. The van der Waals surface area contributed by atoms with Crippen LogP contribution < -0.4 is 0 Å². The molecule has 2 aromatic carbocycles. The molecule has 4 rings (SSSR count). The monoisotopic (exact) mass is 675 g/mol. The first-order chi connectivity index (χ1) is 22.7. The predicted octanol–water partition coefficient (Wildman–Crippen LogP) is 3.27. The van der Waals surface area contributed by atoms with E-state index in [4.69, 9.17) is 33.2 Å². The number of azide groups is 1. The van der Waals surface area contributed by atoms with Gasteiger partial charge < -0.3 is 43.4 Å². The third kappa shape index (κ3) is 10.4. The van der Waals surface area contributed by atoms with E-state index in [1.165, 1.54) is 25.6 Å². The van der Waals surface area contributed by atoms with Crippen LogP contribution in [0.3, 0.4) is 0 Å². The number of esters is 2. The Labute approximate surface area is 277 Å². The summed E-state index contributed by atoms with van der Waals surface area (Å²) in [6.45, 7) is 4.24. The van der Waals surface area contributed by atoms with Crippen LogP contribution in [0.5, 0.6) is 0 Å². The Morgan fingerprint density at radius 2 is 1.53 bits per heavy atom. The van der Waals surface area contributed by atoms with Crippen LogP contribution >= 0.6 is 11.8 Å². The van der Waals surface area contributed by atoms with Crippen LogP contribution in [0.15, 0.2) is 65.8 Å². The van der Waals surface area contributed by atoms with Gasteiger partial charge in [-0.05, 0) is 22.4 Å². The number of benzene rings is 2. The minimum absolute atomic E-state index is 0.0137. The van der Waals surface area contributed by atoms with Gasteiger partial charge in [-0.25, -0.2) is 0 Å². The molecule has 10 atom stereocenters. The Hall–Kier alpha value is -3.24.